The summed E-state index contributed by atoms with van der Waals surface area (Å²) in [6.07, 6.45) is 3.72. The van der Waals surface area contributed by atoms with Gasteiger partial charge in [0.05, 0.1) is 13.7 Å². The number of hydrogen-bond acceptors (Lipinski definition) is 3. The molecule has 0 bridgehead atoms. The zero-order valence-electron chi connectivity index (χ0n) is 9.77. The second kappa shape index (κ2) is 5.23. The van der Waals surface area contributed by atoms with E-state index in [-0.39, 0.29) is 0 Å². The molecule has 17 heavy (non-hydrogen) atoms. The van der Waals surface area contributed by atoms with Gasteiger partial charge in [0, 0.05) is 35.7 Å². The largest absolute Gasteiger partial charge is 0.497 e. The highest BCUT2D eigenvalue weighted by Crippen LogP contribution is 2.24. The Balaban J connectivity index is 2.09. The third-order valence-corrected chi connectivity index (χ3v) is 2.94. The molecule has 0 radical (unpaired) electrons. The highest BCUT2D eigenvalue weighted by atomic mass is 79.9. The molecule has 1 aromatic carbocycles. The zero-order chi connectivity index (χ0) is 12.3. The first-order valence-corrected chi connectivity index (χ1v) is 6.03. The van der Waals surface area contributed by atoms with Crippen molar-refractivity contribution in [2.75, 3.05) is 12.4 Å². The Morgan fingerprint density at radius 1 is 1.41 bits per heavy atom. The van der Waals surface area contributed by atoms with E-state index in [1.807, 2.05) is 36.0 Å². The maximum absolute atomic E-state index is 5.21. The van der Waals surface area contributed by atoms with E-state index < -0.39 is 0 Å². The van der Waals surface area contributed by atoms with Crippen molar-refractivity contribution in [3.63, 3.8) is 0 Å². The Morgan fingerprint density at radius 3 is 2.88 bits per heavy atom. The molecule has 0 aliphatic carbocycles. The lowest BCUT2D eigenvalue weighted by Gasteiger charge is -2.09. The standard InChI is InChI=1S/C12H14BrN3O/c1-16-4-3-14-12(16)8-15-10-5-9(13)6-11(7-10)17-2/h3-7,15H,8H2,1-2H3. The molecule has 0 atom stereocenters. The molecule has 2 aromatic rings. The molecular weight excluding hydrogens is 282 g/mol. The van der Waals surface area contributed by atoms with Crippen LogP contribution in [0.25, 0.3) is 0 Å². The molecule has 90 valence electrons. The van der Waals surface area contributed by atoms with Gasteiger partial charge >= 0.3 is 0 Å². The highest BCUT2D eigenvalue weighted by Gasteiger charge is 2.02. The van der Waals surface area contributed by atoms with Crippen LogP contribution in [-0.2, 0) is 13.6 Å². The maximum atomic E-state index is 5.21. The van der Waals surface area contributed by atoms with Gasteiger partial charge in [-0.2, -0.15) is 0 Å². The Morgan fingerprint density at radius 2 is 2.24 bits per heavy atom. The van der Waals surface area contributed by atoms with Crippen molar-refractivity contribution < 1.29 is 4.74 Å². The summed E-state index contributed by atoms with van der Waals surface area (Å²) in [6.45, 7) is 0.684. The molecule has 0 aliphatic heterocycles. The van der Waals surface area contributed by atoms with Gasteiger partial charge in [-0.05, 0) is 12.1 Å². The normalized spacial score (nSPS) is 10.3. The van der Waals surface area contributed by atoms with E-state index in [4.69, 9.17) is 4.74 Å². The SMILES string of the molecule is COc1cc(Br)cc(NCc2nccn2C)c1. The molecule has 1 heterocycles. The molecule has 1 N–H and O–H groups in total. The molecule has 0 aliphatic rings. The number of aryl methyl sites for hydroxylation is 1. The summed E-state index contributed by atoms with van der Waals surface area (Å²) in [5.41, 5.74) is 0.999. The second-order valence-corrected chi connectivity index (χ2v) is 4.60. The Labute approximate surface area is 109 Å². The van der Waals surface area contributed by atoms with E-state index in [0.717, 1.165) is 21.7 Å². The number of anilines is 1. The summed E-state index contributed by atoms with van der Waals surface area (Å²) >= 11 is 3.45. The van der Waals surface area contributed by atoms with Crippen LogP contribution in [0, 0.1) is 0 Å². The predicted octanol–water partition coefficient (Wildman–Crippen LogP) is 2.80. The summed E-state index contributed by atoms with van der Waals surface area (Å²) < 4.78 is 8.18. The fraction of sp³-hybridized carbons (Fsp3) is 0.250. The van der Waals surface area contributed by atoms with E-state index in [1.54, 1.807) is 13.3 Å². The van der Waals surface area contributed by atoms with Crippen LogP contribution in [0.4, 0.5) is 5.69 Å². The lowest BCUT2D eigenvalue weighted by molar-refractivity contribution is 0.414. The minimum atomic E-state index is 0.684. The van der Waals surface area contributed by atoms with Crippen LogP contribution in [-0.4, -0.2) is 16.7 Å². The number of hydrogen-bond donors (Lipinski definition) is 1. The van der Waals surface area contributed by atoms with Crippen molar-refractivity contribution in [2.24, 2.45) is 7.05 Å². The smallest absolute Gasteiger partial charge is 0.127 e. The van der Waals surface area contributed by atoms with Gasteiger partial charge in [0.15, 0.2) is 0 Å². The number of rotatable bonds is 4. The molecule has 0 spiro atoms. The molecular formula is C12H14BrN3O. The molecule has 1 aromatic heterocycles. The van der Waals surface area contributed by atoms with Crippen molar-refractivity contribution in [1.82, 2.24) is 9.55 Å². The fourth-order valence-corrected chi connectivity index (χ4v) is 2.00. The quantitative estimate of drug-likeness (QED) is 0.943. The zero-order valence-corrected chi connectivity index (χ0v) is 11.4. The van der Waals surface area contributed by atoms with Crippen molar-refractivity contribution in [3.05, 3.63) is 40.9 Å². The number of halogens is 1. The van der Waals surface area contributed by atoms with E-state index in [2.05, 4.69) is 26.2 Å². The van der Waals surface area contributed by atoms with Crippen LogP contribution in [0.15, 0.2) is 35.1 Å². The van der Waals surface area contributed by atoms with Gasteiger partial charge in [0.25, 0.3) is 0 Å². The van der Waals surface area contributed by atoms with Crippen molar-refractivity contribution in [2.45, 2.75) is 6.54 Å². The van der Waals surface area contributed by atoms with Crippen molar-refractivity contribution in [3.8, 4) is 5.75 Å². The van der Waals surface area contributed by atoms with Gasteiger partial charge < -0.3 is 14.6 Å². The third-order valence-electron chi connectivity index (χ3n) is 2.48. The van der Waals surface area contributed by atoms with Gasteiger partial charge in [-0.25, -0.2) is 4.98 Å². The number of aromatic nitrogens is 2. The summed E-state index contributed by atoms with van der Waals surface area (Å²) in [4.78, 5) is 4.25. The lowest BCUT2D eigenvalue weighted by Crippen LogP contribution is -2.05. The molecule has 0 saturated heterocycles. The third kappa shape index (κ3) is 3.00. The average Bonchev–Trinajstić information content (AvgIpc) is 2.71. The van der Waals surface area contributed by atoms with Crippen molar-refractivity contribution in [1.29, 1.82) is 0 Å². The number of methoxy groups -OCH3 is 1. The number of nitrogens with one attached hydrogen (secondary N) is 1. The molecule has 4 nitrogen and oxygen atoms in total. The minimum absolute atomic E-state index is 0.684. The van der Waals surface area contributed by atoms with Gasteiger partial charge in [-0.1, -0.05) is 15.9 Å². The monoisotopic (exact) mass is 295 g/mol. The van der Waals surface area contributed by atoms with Gasteiger partial charge in [-0.15, -0.1) is 0 Å². The Kier molecular flexibility index (Phi) is 3.68. The topological polar surface area (TPSA) is 39.1 Å². The van der Waals surface area contributed by atoms with Crippen LogP contribution in [0.1, 0.15) is 5.82 Å². The number of benzene rings is 1. The minimum Gasteiger partial charge on any atom is -0.497 e. The summed E-state index contributed by atoms with van der Waals surface area (Å²) in [7, 11) is 3.63. The number of nitrogens with zero attached hydrogens (tertiary/aromatic N) is 2. The summed E-state index contributed by atoms with van der Waals surface area (Å²) in [6, 6.07) is 5.88. The molecule has 0 amide bonds. The molecule has 0 unspecified atom stereocenters. The van der Waals surface area contributed by atoms with E-state index in [9.17, 15) is 0 Å². The van der Waals surface area contributed by atoms with Gasteiger partial charge in [-0.3, -0.25) is 0 Å². The Hall–Kier alpha value is -1.49. The average molecular weight is 296 g/mol. The number of ether oxygens (including phenoxy) is 1. The van der Waals surface area contributed by atoms with Crippen LogP contribution < -0.4 is 10.1 Å². The van der Waals surface area contributed by atoms with Crippen molar-refractivity contribution >= 4 is 21.6 Å². The molecule has 0 saturated carbocycles. The van der Waals surface area contributed by atoms with Crippen LogP contribution >= 0.6 is 15.9 Å². The Bertz CT molecular complexity index is 510. The highest BCUT2D eigenvalue weighted by molar-refractivity contribution is 9.10. The first-order chi connectivity index (χ1) is 8.19. The summed E-state index contributed by atoms with van der Waals surface area (Å²) in [5.74, 6) is 1.81. The summed E-state index contributed by atoms with van der Waals surface area (Å²) in [5, 5.41) is 3.31. The van der Waals surface area contributed by atoms with Gasteiger partial charge in [0.1, 0.15) is 11.6 Å². The van der Waals surface area contributed by atoms with E-state index >= 15 is 0 Å². The first-order valence-electron chi connectivity index (χ1n) is 5.23. The molecule has 5 heteroatoms. The van der Waals surface area contributed by atoms with Crippen LogP contribution in [0.3, 0.4) is 0 Å². The van der Waals surface area contributed by atoms with E-state index in [0.29, 0.717) is 6.54 Å². The molecule has 0 fully saturated rings. The van der Waals surface area contributed by atoms with E-state index in [1.165, 1.54) is 0 Å². The fourth-order valence-electron chi connectivity index (χ4n) is 1.53. The maximum Gasteiger partial charge on any atom is 0.127 e. The lowest BCUT2D eigenvalue weighted by atomic mass is 10.3. The molecule has 2 rings (SSSR count). The first kappa shape index (κ1) is 12.0. The van der Waals surface area contributed by atoms with Gasteiger partial charge in [0.2, 0.25) is 0 Å². The predicted molar refractivity (Wildman–Crippen MR) is 71.2 cm³/mol. The number of imidazole rings is 1. The van der Waals surface area contributed by atoms with Crippen LogP contribution in [0.2, 0.25) is 0 Å². The van der Waals surface area contributed by atoms with Crippen LogP contribution in [0.5, 0.6) is 5.75 Å². The second-order valence-electron chi connectivity index (χ2n) is 3.69.